The molecule has 206 valence electrons. The largest absolute Gasteiger partial charge is 0.493 e. The summed E-state index contributed by atoms with van der Waals surface area (Å²) in [5.41, 5.74) is 10.1. The highest BCUT2D eigenvalue weighted by atomic mass is 32.2. The van der Waals surface area contributed by atoms with Crippen LogP contribution >= 0.6 is 0 Å². The maximum atomic E-state index is 13.1. The molecule has 41 heavy (non-hydrogen) atoms. The number of nitrogens with zero attached hydrogens (tertiary/aromatic N) is 4. The van der Waals surface area contributed by atoms with E-state index in [0.717, 1.165) is 5.56 Å². The van der Waals surface area contributed by atoms with E-state index in [1.807, 2.05) is 30.3 Å². The molecule has 0 bridgehead atoms. The highest BCUT2D eigenvalue weighted by Gasteiger charge is 2.16. The van der Waals surface area contributed by atoms with E-state index in [-0.39, 0.29) is 4.90 Å². The van der Waals surface area contributed by atoms with Gasteiger partial charge in [0, 0.05) is 36.8 Å². The first-order valence-electron chi connectivity index (χ1n) is 12.4. The molecule has 0 atom stereocenters. The summed E-state index contributed by atoms with van der Waals surface area (Å²) in [4.78, 5) is 17.4. The van der Waals surface area contributed by atoms with Crippen molar-refractivity contribution in [3.8, 4) is 28.4 Å². The van der Waals surface area contributed by atoms with Crippen LogP contribution in [0.1, 0.15) is 5.69 Å². The molecule has 2 heterocycles. The predicted molar refractivity (Wildman–Crippen MR) is 160 cm³/mol. The molecule has 5 aromatic rings. The van der Waals surface area contributed by atoms with E-state index in [4.69, 9.17) is 15.2 Å². The van der Waals surface area contributed by atoms with Crippen molar-refractivity contribution in [2.75, 3.05) is 18.9 Å². The van der Waals surface area contributed by atoms with E-state index in [2.05, 4.69) is 24.7 Å². The standard InChI is InChI=1S/C30H26N6O4S/c1-32-16-22(15-31)28-19-34-26-12-7-20(14-27(26)35-28)21-13-23(18-33-17-21)36-41(37,38)25-10-8-24(9-11-25)40-30-6-4-3-5-29(30)39-2/h3-19,36H,31H2,1-2H3/b22-15+,32-16?. The van der Waals surface area contributed by atoms with E-state index in [1.165, 1.54) is 24.5 Å². The van der Waals surface area contributed by atoms with Crippen molar-refractivity contribution in [1.29, 1.82) is 0 Å². The van der Waals surface area contributed by atoms with Crippen LogP contribution in [-0.4, -0.2) is 43.7 Å². The number of nitrogens with one attached hydrogen (secondary N) is 1. The van der Waals surface area contributed by atoms with Crippen LogP contribution in [0.2, 0.25) is 0 Å². The molecule has 0 aliphatic carbocycles. The molecule has 3 aromatic carbocycles. The van der Waals surface area contributed by atoms with Gasteiger partial charge < -0.3 is 15.2 Å². The molecule has 0 radical (unpaired) electrons. The predicted octanol–water partition coefficient (Wildman–Crippen LogP) is 5.29. The van der Waals surface area contributed by atoms with Crippen molar-refractivity contribution in [2.45, 2.75) is 4.90 Å². The van der Waals surface area contributed by atoms with Gasteiger partial charge in [0.15, 0.2) is 11.5 Å². The van der Waals surface area contributed by atoms with Gasteiger partial charge in [-0.3, -0.25) is 19.7 Å². The Morgan fingerprint density at radius 3 is 2.44 bits per heavy atom. The lowest BCUT2D eigenvalue weighted by Crippen LogP contribution is -2.13. The van der Waals surface area contributed by atoms with E-state index in [0.29, 0.717) is 50.8 Å². The molecule has 3 N–H and O–H groups in total. The third-order valence-electron chi connectivity index (χ3n) is 6.04. The summed E-state index contributed by atoms with van der Waals surface area (Å²) in [5.74, 6) is 1.56. The zero-order valence-corrected chi connectivity index (χ0v) is 23.0. The van der Waals surface area contributed by atoms with E-state index in [1.54, 1.807) is 63.1 Å². The second kappa shape index (κ2) is 11.8. The number of nitrogens with two attached hydrogens (primary N) is 1. The number of hydrogen-bond donors (Lipinski definition) is 2. The van der Waals surface area contributed by atoms with Gasteiger partial charge in [0.05, 0.1) is 46.8 Å². The molecule has 0 saturated carbocycles. The van der Waals surface area contributed by atoms with Crippen LogP contribution in [0.3, 0.4) is 0 Å². The normalized spacial score (nSPS) is 12.0. The Morgan fingerprint density at radius 2 is 1.71 bits per heavy atom. The maximum absolute atomic E-state index is 13.1. The number of sulfonamides is 1. The first kappa shape index (κ1) is 27.3. The fourth-order valence-electron chi connectivity index (χ4n) is 4.05. The van der Waals surface area contributed by atoms with Gasteiger partial charge in [0.2, 0.25) is 0 Å². The highest BCUT2D eigenvalue weighted by molar-refractivity contribution is 7.92. The third-order valence-corrected chi connectivity index (χ3v) is 7.44. The molecule has 0 spiro atoms. The number of fused-ring (bicyclic) bond motifs is 1. The summed E-state index contributed by atoms with van der Waals surface area (Å²) in [6.07, 6.45) is 7.76. The minimum absolute atomic E-state index is 0.0724. The second-order valence-electron chi connectivity index (χ2n) is 8.76. The van der Waals surface area contributed by atoms with E-state index in [9.17, 15) is 8.42 Å². The Bertz CT molecular complexity index is 1870. The van der Waals surface area contributed by atoms with Crippen LogP contribution in [0.15, 0.2) is 107 Å². The molecule has 2 aromatic heterocycles. The van der Waals surface area contributed by atoms with E-state index >= 15 is 0 Å². The summed E-state index contributed by atoms with van der Waals surface area (Å²) in [6.45, 7) is 0. The zero-order valence-electron chi connectivity index (χ0n) is 22.2. The highest BCUT2D eigenvalue weighted by Crippen LogP contribution is 2.32. The van der Waals surface area contributed by atoms with Gasteiger partial charge in [-0.25, -0.2) is 13.4 Å². The maximum Gasteiger partial charge on any atom is 0.261 e. The second-order valence-corrected chi connectivity index (χ2v) is 10.4. The van der Waals surface area contributed by atoms with Crippen molar-refractivity contribution < 1.29 is 17.9 Å². The number of aromatic nitrogens is 3. The number of benzene rings is 3. The third kappa shape index (κ3) is 6.15. The van der Waals surface area contributed by atoms with Crippen LogP contribution < -0.4 is 19.9 Å². The average Bonchev–Trinajstić information content (AvgIpc) is 3.00. The first-order valence-corrected chi connectivity index (χ1v) is 13.9. The number of allylic oxidation sites excluding steroid dienone is 1. The molecular formula is C30H26N6O4S. The zero-order chi connectivity index (χ0) is 28.8. The molecule has 11 heteroatoms. The molecule has 5 rings (SSSR count). The Balaban J connectivity index is 1.36. The summed E-state index contributed by atoms with van der Waals surface area (Å²) in [5, 5.41) is 0. The van der Waals surface area contributed by atoms with Crippen LogP contribution in [-0.2, 0) is 10.0 Å². The molecular weight excluding hydrogens is 540 g/mol. The Kier molecular flexibility index (Phi) is 7.88. The van der Waals surface area contributed by atoms with Crippen LogP contribution in [0.4, 0.5) is 5.69 Å². The number of hydrogen-bond acceptors (Lipinski definition) is 9. The molecule has 0 fully saturated rings. The number of anilines is 1. The molecule has 10 nitrogen and oxygen atoms in total. The quantitative estimate of drug-likeness (QED) is 0.229. The lowest BCUT2D eigenvalue weighted by molar-refractivity contribution is 0.379. The number of para-hydroxylation sites is 2. The lowest BCUT2D eigenvalue weighted by Gasteiger charge is -2.12. The number of rotatable bonds is 9. The minimum Gasteiger partial charge on any atom is -0.493 e. The van der Waals surface area contributed by atoms with Crippen LogP contribution in [0.5, 0.6) is 17.2 Å². The fraction of sp³-hybridized carbons (Fsp3) is 0.0667. The van der Waals surface area contributed by atoms with Gasteiger partial charge in [-0.15, -0.1) is 0 Å². The van der Waals surface area contributed by atoms with Gasteiger partial charge >= 0.3 is 0 Å². The molecule has 0 saturated heterocycles. The fourth-order valence-corrected chi connectivity index (χ4v) is 5.08. The Labute approximate surface area is 237 Å². The first-order chi connectivity index (χ1) is 19.9. The SMILES string of the molecule is CN=C/C(=C\N)c1cnc2ccc(-c3cncc(NS(=O)(=O)c4ccc(Oc5ccccc5OC)cc4)c3)cc2n1. The summed E-state index contributed by atoms with van der Waals surface area (Å²) >= 11 is 0. The Morgan fingerprint density at radius 1 is 0.927 bits per heavy atom. The van der Waals surface area contributed by atoms with Crippen LogP contribution in [0.25, 0.3) is 27.7 Å². The van der Waals surface area contributed by atoms with Crippen molar-refractivity contribution in [1.82, 2.24) is 15.0 Å². The summed E-state index contributed by atoms with van der Waals surface area (Å²) < 4.78 is 40.0. The van der Waals surface area contributed by atoms with Crippen molar-refractivity contribution in [3.63, 3.8) is 0 Å². The monoisotopic (exact) mass is 566 g/mol. The van der Waals surface area contributed by atoms with Crippen molar-refractivity contribution in [3.05, 3.63) is 103 Å². The number of ether oxygens (including phenoxy) is 2. The molecule has 0 aliphatic rings. The average molecular weight is 567 g/mol. The summed E-state index contributed by atoms with van der Waals surface area (Å²) in [6, 6.07) is 20.6. The summed E-state index contributed by atoms with van der Waals surface area (Å²) in [7, 11) is -0.693. The van der Waals surface area contributed by atoms with Gasteiger partial charge in [-0.2, -0.15) is 0 Å². The lowest BCUT2D eigenvalue weighted by atomic mass is 10.1. The van der Waals surface area contributed by atoms with Gasteiger partial charge in [-0.1, -0.05) is 18.2 Å². The van der Waals surface area contributed by atoms with E-state index < -0.39 is 10.0 Å². The topological polar surface area (TPSA) is 142 Å². The van der Waals surface area contributed by atoms with Gasteiger partial charge in [0.1, 0.15) is 5.75 Å². The molecule has 0 aliphatic heterocycles. The minimum atomic E-state index is -3.90. The number of pyridine rings is 1. The van der Waals surface area contributed by atoms with Crippen molar-refractivity contribution in [2.24, 2.45) is 10.7 Å². The van der Waals surface area contributed by atoms with Crippen molar-refractivity contribution >= 4 is 38.5 Å². The van der Waals surface area contributed by atoms with Gasteiger partial charge in [-0.05, 0) is 60.2 Å². The number of methoxy groups -OCH3 is 1. The van der Waals surface area contributed by atoms with Gasteiger partial charge in [0.25, 0.3) is 10.0 Å². The smallest absolute Gasteiger partial charge is 0.261 e. The Hall–Kier alpha value is -5.29. The molecule has 0 amide bonds. The molecule has 0 unspecified atom stereocenters. The number of aliphatic imine (C=N–C) groups is 1. The van der Waals surface area contributed by atoms with Crippen LogP contribution in [0, 0.1) is 0 Å².